The third-order valence-corrected chi connectivity index (χ3v) is 6.06. The predicted octanol–water partition coefficient (Wildman–Crippen LogP) is 5.89. The molecule has 0 spiro atoms. The molecule has 0 fully saturated rings. The van der Waals surface area contributed by atoms with Crippen molar-refractivity contribution in [3.05, 3.63) is 56.9 Å². The molecule has 0 atom stereocenters. The Balaban J connectivity index is 1.80. The van der Waals surface area contributed by atoms with Crippen molar-refractivity contribution >= 4 is 45.9 Å². The fourth-order valence-electron chi connectivity index (χ4n) is 3.21. The van der Waals surface area contributed by atoms with E-state index in [9.17, 15) is 9.59 Å². The first kappa shape index (κ1) is 20.6. The lowest BCUT2D eigenvalue weighted by Gasteiger charge is -2.08. The quantitative estimate of drug-likeness (QED) is 0.362. The molecule has 0 saturated heterocycles. The van der Waals surface area contributed by atoms with Crippen LogP contribution >= 0.6 is 22.9 Å². The molecule has 1 heterocycles. The average Bonchev–Trinajstić information content (AvgIpc) is 2.86. The van der Waals surface area contributed by atoms with Gasteiger partial charge in [-0.2, -0.15) is 0 Å². The third-order valence-electron chi connectivity index (χ3n) is 4.60. The number of carbonyl (C=O) groups excluding carboxylic acids is 2. The van der Waals surface area contributed by atoms with Gasteiger partial charge in [0.2, 0.25) is 5.91 Å². The van der Waals surface area contributed by atoms with Crippen LogP contribution in [0, 0.1) is 0 Å². The van der Waals surface area contributed by atoms with Crippen molar-refractivity contribution < 1.29 is 14.3 Å². The van der Waals surface area contributed by atoms with Crippen molar-refractivity contribution in [1.82, 2.24) is 0 Å². The fraction of sp³-hybridized carbons (Fsp3) is 0.364. The SMILES string of the molecule is CCCOC(=O)c1c(NC(=O)/C=C\c2ccc(Cl)cc2)sc2c1CCCCC2. The molecule has 4 nitrogen and oxygen atoms in total. The molecule has 6 heteroatoms. The summed E-state index contributed by atoms with van der Waals surface area (Å²) >= 11 is 7.39. The standard InChI is InChI=1S/C22H24ClNO3S/c1-2-14-27-22(26)20-17-6-4-3-5-7-18(17)28-21(20)24-19(25)13-10-15-8-11-16(23)12-9-15/h8-13H,2-7,14H2,1H3,(H,24,25)/b13-10-. The molecule has 0 radical (unpaired) electrons. The van der Waals surface area contributed by atoms with Crippen LogP contribution in [0.1, 0.15) is 59.0 Å². The van der Waals surface area contributed by atoms with Crippen LogP contribution in [0.5, 0.6) is 0 Å². The van der Waals surface area contributed by atoms with Gasteiger partial charge in [0.1, 0.15) is 5.00 Å². The van der Waals surface area contributed by atoms with Crippen molar-refractivity contribution in [2.45, 2.75) is 45.4 Å². The van der Waals surface area contributed by atoms with Gasteiger partial charge in [-0.3, -0.25) is 4.79 Å². The highest BCUT2D eigenvalue weighted by Gasteiger charge is 2.26. The number of hydrogen-bond acceptors (Lipinski definition) is 4. The van der Waals surface area contributed by atoms with Gasteiger partial charge < -0.3 is 10.1 Å². The summed E-state index contributed by atoms with van der Waals surface area (Å²) in [6.45, 7) is 2.35. The monoisotopic (exact) mass is 417 g/mol. The molecule has 1 aromatic carbocycles. The Morgan fingerprint density at radius 2 is 1.93 bits per heavy atom. The second-order valence-corrected chi connectivity index (χ2v) is 8.32. The molecule has 1 N–H and O–H groups in total. The zero-order valence-electron chi connectivity index (χ0n) is 15.9. The van der Waals surface area contributed by atoms with Crippen molar-refractivity contribution in [1.29, 1.82) is 0 Å². The van der Waals surface area contributed by atoms with Gasteiger partial charge in [-0.05, 0) is 61.4 Å². The number of fused-ring (bicyclic) bond motifs is 1. The minimum absolute atomic E-state index is 0.268. The van der Waals surface area contributed by atoms with E-state index < -0.39 is 0 Å². The van der Waals surface area contributed by atoms with Crippen LogP contribution in [-0.2, 0) is 22.4 Å². The van der Waals surface area contributed by atoms with E-state index in [1.807, 2.05) is 19.1 Å². The Bertz CT molecular complexity index is 871. The van der Waals surface area contributed by atoms with Gasteiger partial charge in [-0.25, -0.2) is 4.79 Å². The van der Waals surface area contributed by atoms with E-state index in [4.69, 9.17) is 16.3 Å². The van der Waals surface area contributed by atoms with E-state index >= 15 is 0 Å². The number of rotatable bonds is 6. The Kier molecular flexibility index (Phi) is 7.29. The summed E-state index contributed by atoms with van der Waals surface area (Å²) in [5.41, 5.74) is 2.48. The van der Waals surface area contributed by atoms with Crippen LogP contribution < -0.4 is 5.32 Å². The molecular formula is C22H24ClNO3S. The molecule has 0 unspecified atom stereocenters. The third kappa shape index (κ3) is 5.24. The maximum atomic E-state index is 12.7. The average molecular weight is 418 g/mol. The highest BCUT2D eigenvalue weighted by Crippen LogP contribution is 2.38. The smallest absolute Gasteiger partial charge is 0.341 e. The number of halogens is 1. The molecule has 1 aromatic heterocycles. The molecular weight excluding hydrogens is 394 g/mol. The molecule has 148 valence electrons. The maximum absolute atomic E-state index is 12.7. The molecule has 0 bridgehead atoms. The number of anilines is 1. The van der Waals surface area contributed by atoms with Gasteiger partial charge in [-0.15, -0.1) is 11.3 Å². The lowest BCUT2D eigenvalue weighted by atomic mass is 10.1. The first-order valence-electron chi connectivity index (χ1n) is 9.64. The Morgan fingerprint density at radius 3 is 2.68 bits per heavy atom. The summed E-state index contributed by atoms with van der Waals surface area (Å²) in [7, 11) is 0. The summed E-state index contributed by atoms with van der Waals surface area (Å²) < 4.78 is 5.39. The summed E-state index contributed by atoms with van der Waals surface area (Å²) in [6.07, 6.45) is 9.10. The summed E-state index contributed by atoms with van der Waals surface area (Å²) in [6, 6.07) is 7.23. The Hall–Kier alpha value is -2.11. The van der Waals surface area contributed by atoms with Gasteiger partial charge in [-0.1, -0.05) is 37.1 Å². The van der Waals surface area contributed by atoms with E-state index in [0.29, 0.717) is 22.2 Å². The zero-order chi connectivity index (χ0) is 19.9. The predicted molar refractivity (Wildman–Crippen MR) is 115 cm³/mol. The molecule has 1 aliphatic rings. The molecule has 1 amide bonds. The number of benzene rings is 1. The first-order valence-corrected chi connectivity index (χ1v) is 10.8. The lowest BCUT2D eigenvalue weighted by Crippen LogP contribution is -2.13. The van der Waals surface area contributed by atoms with Crippen LogP contribution in [-0.4, -0.2) is 18.5 Å². The van der Waals surface area contributed by atoms with Gasteiger partial charge in [0.05, 0.1) is 12.2 Å². The minimum atomic E-state index is -0.335. The number of thiophene rings is 1. The molecule has 1 aliphatic carbocycles. The largest absolute Gasteiger partial charge is 0.462 e. The molecule has 2 aromatic rings. The normalized spacial score (nSPS) is 13.8. The number of amides is 1. The van der Waals surface area contributed by atoms with Crippen molar-refractivity contribution in [2.24, 2.45) is 0 Å². The zero-order valence-corrected chi connectivity index (χ0v) is 17.5. The number of hydrogen-bond donors (Lipinski definition) is 1. The molecule has 0 aliphatic heterocycles. The van der Waals surface area contributed by atoms with E-state index in [1.165, 1.54) is 22.3 Å². The van der Waals surface area contributed by atoms with E-state index in [-0.39, 0.29) is 11.9 Å². The molecule has 0 saturated carbocycles. The van der Waals surface area contributed by atoms with Crippen molar-refractivity contribution in [3.8, 4) is 0 Å². The minimum Gasteiger partial charge on any atom is -0.462 e. The van der Waals surface area contributed by atoms with Crippen LogP contribution in [0.15, 0.2) is 30.3 Å². The Labute approximate surface area is 174 Å². The highest BCUT2D eigenvalue weighted by molar-refractivity contribution is 7.17. The van der Waals surface area contributed by atoms with Crippen LogP contribution in [0.2, 0.25) is 5.02 Å². The lowest BCUT2D eigenvalue weighted by molar-refractivity contribution is -0.111. The second-order valence-electron chi connectivity index (χ2n) is 6.78. The number of aryl methyl sites for hydroxylation is 1. The highest BCUT2D eigenvalue weighted by atomic mass is 35.5. The molecule has 3 rings (SSSR count). The fourth-order valence-corrected chi connectivity index (χ4v) is 4.62. The van der Waals surface area contributed by atoms with Crippen molar-refractivity contribution in [3.63, 3.8) is 0 Å². The summed E-state index contributed by atoms with van der Waals surface area (Å²) in [4.78, 5) is 26.3. The maximum Gasteiger partial charge on any atom is 0.341 e. The van der Waals surface area contributed by atoms with Crippen LogP contribution in [0.4, 0.5) is 5.00 Å². The van der Waals surface area contributed by atoms with Crippen LogP contribution in [0.3, 0.4) is 0 Å². The number of carbonyl (C=O) groups is 2. The summed E-state index contributed by atoms with van der Waals surface area (Å²) in [5.74, 6) is -0.603. The number of esters is 1. The number of nitrogens with one attached hydrogen (secondary N) is 1. The van der Waals surface area contributed by atoms with Gasteiger partial charge >= 0.3 is 5.97 Å². The summed E-state index contributed by atoms with van der Waals surface area (Å²) in [5, 5.41) is 4.14. The molecule has 28 heavy (non-hydrogen) atoms. The second kappa shape index (κ2) is 9.89. The van der Waals surface area contributed by atoms with Gasteiger partial charge in [0.15, 0.2) is 0 Å². The number of ether oxygens (including phenoxy) is 1. The Morgan fingerprint density at radius 1 is 1.18 bits per heavy atom. The van der Waals surface area contributed by atoms with Gasteiger partial charge in [0.25, 0.3) is 0 Å². The first-order chi connectivity index (χ1) is 13.6. The van der Waals surface area contributed by atoms with Crippen LogP contribution in [0.25, 0.3) is 6.08 Å². The van der Waals surface area contributed by atoms with Gasteiger partial charge in [0, 0.05) is 16.0 Å². The van der Waals surface area contributed by atoms with E-state index in [2.05, 4.69) is 5.32 Å². The topological polar surface area (TPSA) is 55.4 Å². The van der Waals surface area contributed by atoms with E-state index in [0.717, 1.165) is 49.7 Å². The van der Waals surface area contributed by atoms with E-state index in [1.54, 1.807) is 18.2 Å². The van der Waals surface area contributed by atoms with Crippen molar-refractivity contribution in [2.75, 3.05) is 11.9 Å².